The first kappa shape index (κ1) is 52.2. The summed E-state index contributed by atoms with van der Waals surface area (Å²) in [5.41, 5.74) is 0. The van der Waals surface area contributed by atoms with Crippen LogP contribution in [0.4, 0.5) is 0 Å². The maximum atomic E-state index is 12.7. The lowest BCUT2D eigenvalue weighted by molar-refractivity contribution is -0.305. The standard InChI is InChI=1S/C46H84O10/c1-3-5-7-9-11-13-15-17-19-21-22-24-26-28-30-32-34-41(48)53-37-39(38-54-46-45(52)44(51)43(50)40(36-47)56-46)55-42(49)35-33-31-29-27-25-23-20-18-16-14-12-10-8-6-4-2/h18,20,25,27,39-40,43-47,50-52H,3-17,19,21-24,26,28-38H2,1-2H3/b20-18+,27-25+/t39-,40-,43+,44?,45?,46-/m0/s1. The average molecular weight is 797 g/mol. The van der Waals surface area contributed by atoms with Crippen LogP contribution in [-0.4, -0.2) is 89.0 Å². The van der Waals surface area contributed by atoms with Gasteiger partial charge in [-0.2, -0.15) is 0 Å². The maximum Gasteiger partial charge on any atom is 0.306 e. The predicted molar refractivity (Wildman–Crippen MR) is 224 cm³/mol. The second-order valence-electron chi connectivity index (χ2n) is 15.9. The fourth-order valence-corrected chi connectivity index (χ4v) is 6.92. The molecular formula is C46H84O10. The number of allylic oxidation sites excluding steroid dienone is 4. The van der Waals surface area contributed by atoms with Gasteiger partial charge in [0.1, 0.15) is 31.0 Å². The first-order valence-electron chi connectivity index (χ1n) is 22.9. The smallest absolute Gasteiger partial charge is 0.306 e. The summed E-state index contributed by atoms with van der Waals surface area (Å²) in [4.78, 5) is 25.3. The number of aliphatic hydroxyl groups is 4. The van der Waals surface area contributed by atoms with Crippen LogP contribution in [0.3, 0.4) is 0 Å². The Morgan fingerprint density at radius 1 is 0.554 bits per heavy atom. The summed E-state index contributed by atoms with van der Waals surface area (Å²) < 4.78 is 22.1. The molecule has 1 fully saturated rings. The maximum absolute atomic E-state index is 12.7. The molecule has 0 aromatic heterocycles. The molecule has 0 aliphatic carbocycles. The third kappa shape index (κ3) is 28.6. The molecule has 0 aromatic rings. The molecule has 4 N–H and O–H groups in total. The number of hydrogen-bond acceptors (Lipinski definition) is 10. The lowest BCUT2D eigenvalue weighted by Crippen LogP contribution is -2.59. The molecular weight excluding hydrogens is 712 g/mol. The van der Waals surface area contributed by atoms with Crippen molar-refractivity contribution in [2.24, 2.45) is 0 Å². The van der Waals surface area contributed by atoms with Crippen molar-refractivity contribution in [2.75, 3.05) is 19.8 Å². The molecule has 1 aliphatic heterocycles. The first-order valence-corrected chi connectivity index (χ1v) is 22.9. The van der Waals surface area contributed by atoms with Gasteiger partial charge in [-0.1, -0.05) is 167 Å². The molecule has 10 heteroatoms. The molecule has 6 atom stereocenters. The Hall–Kier alpha value is -1.82. The van der Waals surface area contributed by atoms with Crippen LogP contribution >= 0.6 is 0 Å². The molecule has 0 aromatic carbocycles. The Bertz CT molecular complexity index is 970. The Morgan fingerprint density at radius 3 is 1.52 bits per heavy atom. The summed E-state index contributed by atoms with van der Waals surface area (Å²) in [5.74, 6) is -0.837. The molecule has 56 heavy (non-hydrogen) atoms. The van der Waals surface area contributed by atoms with Gasteiger partial charge in [0.15, 0.2) is 12.4 Å². The average Bonchev–Trinajstić information content (AvgIpc) is 3.19. The highest BCUT2D eigenvalue weighted by Gasteiger charge is 2.44. The summed E-state index contributed by atoms with van der Waals surface area (Å²) in [7, 11) is 0. The van der Waals surface area contributed by atoms with Gasteiger partial charge >= 0.3 is 11.9 Å². The lowest BCUT2D eigenvalue weighted by Gasteiger charge is -2.39. The fraction of sp³-hybridized carbons (Fsp3) is 0.870. The van der Waals surface area contributed by atoms with Crippen LogP contribution in [0.15, 0.2) is 24.3 Å². The highest BCUT2D eigenvalue weighted by Crippen LogP contribution is 2.23. The Morgan fingerprint density at radius 2 is 1.00 bits per heavy atom. The molecule has 10 nitrogen and oxygen atoms in total. The topological polar surface area (TPSA) is 152 Å². The minimum Gasteiger partial charge on any atom is -0.462 e. The van der Waals surface area contributed by atoms with Crippen molar-refractivity contribution in [1.82, 2.24) is 0 Å². The zero-order valence-electron chi connectivity index (χ0n) is 35.6. The van der Waals surface area contributed by atoms with E-state index in [9.17, 15) is 30.0 Å². The van der Waals surface area contributed by atoms with E-state index in [2.05, 4.69) is 38.2 Å². The largest absolute Gasteiger partial charge is 0.462 e. The van der Waals surface area contributed by atoms with Crippen LogP contribution in [0.25, 0.3) is 0 Å². The molecule has 2 unspecified atom stereocenters. The number of carbonyl (C=O) groups excluding carboxylic acids is 2. The summed E-state index contributed by atoms with van der Waals surface area (Å²) in [6.45, 7) is 3.40. The Kier molecular flexibility index (Phi) is 34.9. The van der Waals surface area contributed by atoms with Crippen molar-refractivity contribution in [3.8, 4) is 0 Å². The van der Waals surface area contributed by atoms with Gasteiger partial charge in [0.05, 0.1) is 13.2 Å². The van der Waals surface area contributed by atoms with E-state index in [0.29, 0.717) is 6.42 Å². The van der Waals surface area contributed by atoms with Crippen molar-refractivity contribution in [1.29, 1.82) is 0 Å². The number of aliphatic hydroxyl groups excluding tert-OH is 4. The number of rotatable bonds is 38. The van der Waals surface area contributed by atoms with Crippen LogP contribution in [-0.2, 0) is 28.5 Å². The molecule has 1 heterocycles. The molecule has 0 amide bonds. The van der Waals surface area contributed by atoms with Gasteiger partial charge < -0.3 is 39.4 Å². The Balaban J connectivity index is 2.34. The van der Waals surface area contributed by atoms with Crippen LogP contribution in [0.1, 0.15) is 200 Å². The quantitative estimate of drug-likeness (QED) is 0.0270. The third-order valence-electron chi connectivity index (χ3n) is 10.6. The van der Waals surface area contributed by atoms with Crippen molar-refractivity contribution in [2.45, 2.75) is 237 Å². The highest BCUT2D eigenvalue weighted by molar-refractivity contribution is 5.70. The minimum atomic E-state index is -1.60. The van der Waals surface area contributed by atoms with E-state index in [4.69, 9.17) is 18.9 Å². The van der Waals surface area contributed by atoms with Gasteiger partial charge in [-0.05, 0) is 44.9 Å². The number of unbranched alkanes of at least 4 members (excludes halogenated alkanes) is 23. The Labute approximate surface area is 341 Å². The monoisotopic (exact) mass is 797 g/mol. The van der Waals surface area contributed by atoms with Crippen LogP contribution < -0.4 is 0 Å². The van der Waals surface area contributed by atoms with Crippen LogP contribution in [0.2, 0.25) is 0 Å². The van der Waals surface area contributed by atoms with Crippen molar-refractivity contribution in [3.05, 3.63) is 24.3 Å². The van der Waals surface area contributed by atoms with E-state index in [0.717, 1.165) is 44.9 Å². The van der Waals surface area contributed by atoms with Crippen LogP contribution in [0, 0.1) is 0 Å². The molecule has 0 spiro atoms. The summed E-state index contributed by atoms with van der Waals surface area (Å²) >= 11 is 0. The molecule has 0 radical (unpaired) electrons. The number of ether oxygens (including phenoxy) is 4. The summed E-state index contributed by atoms with van der Waals surface area (Å²) in [6, 6.07) is 0. The van der Waals surface area contributed by atoms with Crippen molar-refractivity contribution < 1.29 is 49.0 Å². The van der Waals surface area contributed by atoms with Gasteiger partial charge in [-0.15, -0.1) is 0 Å². The molecule has 1 rings (SSSR count). The second kappa shape index (κ2) is 37.5. The van der Waals surface area contributed by atoms with E-state index < -0.39 is 49.4 Å². The van der Waals surface area contributed by atoms with Gasteiger partial charge in [0, 0.05) is 12.8 Å². The molecule has 1 aliphatic rings. The van der Waals surface area contributed by atoms with Gasteiger partial charge in [-0.25, -0.2) is 0 Å². The zero-order chi connectivity index (χ0) is 40.9. The van der Waals surface area contributed by atoms with E-state index in [1.54, 1.807) is 0 Å². The minimum absolute atomic E-state index is 0.190. The zero-order valence-corrected chi connectivity index (χ0v) is 35.6. The van der Waals surface area contributed by atoms with Crippen molar-refractivity contribution >= 4 is 11.9 Å². The summed E-state index contributed by atoms with van der Waals surface area (Å²) in [5, 5.41) is 40.1. The summed E-state index contributed by atoms with van der Waals surface area (Å²) in [6.07, 6.45) is 33.3. The number of carbonyl (C=O) groups is 2. The van der Waals surface area contributed by atoms with Gasteiger partial charge in [0.2, 0.25) is 0 Å². The van der Waals surface area contributed by atoms with Gasteiger partial charge in [-0.3, -0.25) is 9.59 Å². The fourth-order valence-electron chi connectivity index (χ4n) is 6.92. The highest BCUT2D eigenvalue weighted by atomic mass is 16.7. The predicted octanol–water partition coefficient (Wildman–Crippen LogP) is 9.72. The van der Waals surface area contributed by atoms with E-state index in [1.165, 1.54) is 122 Å². The van der Waals surface area contributed by atoms with Crippen LogP contribution in [0.5, 0.6) is 0 Å². The second-order valence-corrected chi connectivity index (χ2v) is 15.9. The number of esters is 2. The molecule has 0 bridgehead atoms. The third-order valence-corrected chi connectivity index (χ3v) is 10.6. The molecule has 0 saturated carbocycles. The van der Waals surface area contributed by atoms with E-state index in [-0.39, 0.29) is 32.0 Å². The van der Waals surface area contributed by atoms with Gasteiger partial charge in [0.25, 0.3) is 0 Å². The first-order chi connectivity index (χ1) is 27.3. The lowest BCUT2D eigenvalue weighted by atomic mass is 9.99. The van der Waals surface area contributed by atoms with E-state index >= 15 is 0 Å². The SMILES string of the molecule is CCCCCCCC/C=C/C/C=C/CCCCC(=O)O[C@@H](COC(=O)CCCCCCCCCCCCCCCCCC)CO[C@H]1O[C@@H](CO)[C@@H](O)C(O)C1O. The number of hydrogen-bond donors (Lipinski definition) is 4. The van der Waals surface area contributed by atoms with E-state index in [1.807, 2.05) is 0 Å². The molecule has 328 valence electrons. The molecule has 1 saturated heterocycles. The normalized spacial score (nSPS) is 20.6. The van der Waals surface area contributed by atoms with Crippen molar-refractivity contribution in [3.63, 3.8) is 0 Å².